The second-order valence-corrected chi connectivity index (χ2v) is 7.96. The number of hydrazine groups is 2. The second kappa shape index (κ2) is 9.32. The molecule has 0 fully saturated rings. The fourth-order valence-electron chi connectivity index (χ4n) is 2.46. The number of hydrogen-bond donors (Lipinski definition) is 4. The number of hydrogen-bond acceptors (Lipinski definition) is 9. The average Bonchev–Trinajstić information content (AvgIpc) is 2.76. The molecule has 0 aliphatic carbocycles. The van der Waals surface area contributed by atoms with Crippen LogP contribution in [0.4, 0.5) is 21.7 Å². The number of aromatic nitrogens is 2. The number of benzene rings is 2. The number of anilines is 2. The normalized spacial score (nSPS) is 10.9. The zero-order valence-corrected chi connectivity index (χ0v) is 17.2. The van der Waals surface area contributed by atoms with Gasteiger partial charge >= 0.3 is 5.69 Å². The highest BCUT2D eigenvalue weighted by Gasteiger charge is 2.25. The van der Waals surface area contributed by atoms with E-state index in [9.17, 15) is 27.7 Å². The lowest BCUT2D eigenvalue weighted by atomic mass is 10.2. The van der Waals surface area contributed by atoms with Crippen LogP contribution in [0.25, 0.3) is 0 Å². The van der Waals surface area contributed by atoms with Gasteiger partial charge < -0.3 is 0 Å². The van der Waals surface area contributed by atoms with Crippen molar-refractivity contribution >= 4 is 33.3 Å². The van der Waals surface area contributed by atoms with Gasteiger partial charge in [0.15, 0.2) is 0 Å². The van der Waals surface area contributed by atoms with Gasteiger partial charge in [-0.05, 0) is 31.2 Å². The predicted octanol–water partition coefficient (Wildman–Crippen LogP) is 1.89. The maximum atomic E-state index is 13.7. The summed E-state index contributed by atoms with van der Waals surface area (Å²) in [7, 11) is -4.07. The summed E-state index contributed by atoms with van der Waals surface area (Å²) < 4.78 is 38.5. The van der Waals surface area contributed by atoms with Crippen molar-refractivity contribution in [2.24, 2.45) is 0 Å². The Hall–Kier alpha value is -4.17. The third-order valence-corrected chi connectivity index (χ3v) is 5.32. The van der Waals surface area contributed by atoms with Gasteiger partial charge in [-0.15, -0.1) is 4.83 Å². The molecule has 0 radical (unpaired) electrons. The van der Waals surface area contributed by atoms with Crippen molar-refractivity contribution < 1.29 is 22.5 Å². The number of halogens is 1. The van der Waals surface area contributed by atoms with E-state index in [2.05, 4.69) is 26.2 Å². The lowest BCUT2D eigenvalue weighted by Gasteiger charge is -2.12. The van der Waals surface area contributed by atoms with Gasteiger partial charge in [0, 0.05) is 0 Å². The van der Waals surface area contributed by atoms with E-state index in [1.165, 1.54) is 30.3 Å². The number of carbonyl (C=O) groups is 1. The summed E-state index contributed by atoms with van der Waals surface area (Å²) >= 11 is 0. The van der Waals surface area contributed by atoms with Crippen molar-refractivity contribution in [3.8, 4) is 0 Å². The summed E-state index contributed by atoms with van der Waals surface area (Å²) in [4.78, 5) is 32.0. The molecule has 1 aromatic heterocycles. The minimum absolute atomic E-state index is 0.0807. The molecule has 3 rings (SSSR count). The zero-order valence-electron chi connectivity index (χ0n) is 16.4. The minimum Gasteiger partial charge on any atom is -0.286 e. The van der Waals surface area contributed by atoms with E-state index in [1.807, 2.05) is 4.83 Å². The quantitative estimate of drug-likeness (QED) is 0.289. The molecule has 0 aliphatic rings. The molecule has 0 spiro atoms. The van der Waals surface area contributed by atoms with Crippen molar-refractivity contribution in [3.05, 3.63) is 81.9 Å². The molecule has 12 nitrogen and oxygen atoms in total. The van der Waals surface area contributed by atoms with Crippen LogP contribution in [-0.2, 0) is 10.0 Å². The third-order valence-electron chi connectivity index (χ3n) is 4.05. The van der Waals surface area contributed by atoms with Gasteiger partial charge in [0.1, 0.15) is 12.1 Å². The molecule has 2 aromatic carbocycles. The number of rotatable bonds is 8. The molecule has 0 aliphatic heterocycles. The molecule has 4 N–H and O–H groups in total. The summed E-state index contributed by atoms with van der Waals surface area (Å²) in [5, 5.41) is 11.5. The Morgan fingerprint density at radius 1 is 1.03 bits per heavy atom. The van der Waals surface area contributed by atoms with E-state index in [0.29, 0.717) is 0 Å². The molecule has 1 amide bonds. The monoisotopic (exact) mass is 461 g/mol. The van der Waals surface area contributed by atoms with Gasteiger partial charge in [-0.1, -0.05) is 29.8 Å². The predicted molar refractivity (Wildman–Crippen MR) is 111 cm³/mol. The van der Waals surface area contributed by atoms with E-state index >= 15 is 0 Å². The molecule has 0 atom stereocenters. The largest absolute Gasteiger partial charge is 0.356 e. The van der Waals surface area contributed by atoms with Gasteiger partial charge in [-0.2, -0.15) is 0 Å². The van der Waals surface area contributed by atoms with E-state index in [-0.39, 0.29) is 10.5 Å². The Balaban J connectivity index is 1.79. The van der Waals surface area contributed by atoms with Crippen LogP contribution >= 0.6 is 0 Å². The van der Waals surface area contributed by atoms with Gasteiger partial charge in [0.25, 0.3) is 15.9 Å². The summed E-state index contributed by atoms with van der Waals surface area (Å²) in [5.74, 6) is -2.67. The molecule has 14 heteroatoms. The number of nitro groups is 1. The lowest BCUT2D eigenvalue weighted by molar-refractivity contribution is -0.383. The number of amides is 1. The van der Waals surface area contributed by atoms with Crippen LogP contribution in [0, 0.1) is 22.9 Å². The fraction of sp³-hybridized carbons (Fsp3) is 0.0556. The number of aryl methyl sites for hydroxylation is 1. The molecule has 32 heavy (non-hydrogen) atoms. The molecule has 0 saturated carbocycles. The maximum Gasteiger partial charge on any atom is 0.356 e. The Kier molecular flexibility index (Phi) is 6.56. The summed E-state index contributed by atoms with van der Waals surface area (Å²) in [5.41, 5.74) is 6.25. The van der Waals surface area contributed by atoms with Gasteiger partial charge in [-0.3, -0.25) is 31.2 Å². The first kappa shape index (κ1) is 22.5. The lowest BCUT2D eigenvalue weighted by Crippen LogP contribution is -2.32. The number of nitrogens with one attached hydrogen (secondary N) is 4. The fourth-order valence-corrected chi connectivity index (χ4v) is 3.30. The molecule has 0 unspecified atom stereocenters. The second-order valence-electron chi connectivity index (χ2n) is 6.28. The Labute approximate surface area is 181 Å². The Morgan fingerprint density at radius 2 is 1.66 bits per heavy atom. The smallest absolute Gasteiger partial charge is 0.286 e. The highest BCUT2D eigenvalue weighted by molar-refractivity contribution is 7.89. The first-order chi connectivity index (χ1) is 15.2. The summed E-state index contributed by atoms with van der Waals surface area (Å²) in [6.07, 6.45) is 0.896. The average molecular weight is 461 g/mol. The SMILES string of the molecule is Cc1ccc(S(=O)(=O)NNc2ncnc(NNC(=O)c3ccccc3F)c2[N+](=O)[O-])cc1. The molecule has 0 bridgehead atoms. The molecule has 1 heterocycles. The van der Waals surface area contributed by atoms with Crippen molar-refractivity contribution in [1.82, 2.24) is 20.2 Å². The van der Waals surface area contributed by atoms with E-state index in [1.54, 1.807) is 19.1 Å². The van der Waals surface area contributed by atoms with Crippen LogP contribution < -0.4 is 21.1 Å². The summed E-state index contributed by atoms with van der Waals surface area (Å²) in [6, 6.07) is 11.0. The van der Waals surface area contributed by atoms with Crippen LogP contribution in [0.3, 0.4) is 0 Å². The van der Waals surface area contributed by atoms with E-state index in [0.717, 1.165) is 18.0 Å². The molecular formula is C18H16FN7O5S. The first-order valence-electron chi connectivity index (χ1n) is 8.84. The number of sulfonamides is 1. The number of nitrogens with zero attached hydrogens (tertiary/aromatic N) is 3. The topological polar surface area (TPSA) is 168 Å². The van der Waals surface area contributed by atoms with Crippen LogP contribution in [-0.4, -0.2) is 29.2 Å². The van der Waals surface area contributed by atoms with Gasteiger partial charge in [0.2, 0.25) is 11.6 Å². The highest BCUT2D eigenvalue weighted by atomic mass is 32.2. The van der Waals surface area contributed by atoms with Crippen LogP contribution in [0.1, 0.15) is 15.9 Å². The van der Waals surface area contributed by atoms with Crippen LogP contribution in [0.2, 0.25) is 0 Å². The number of carbonyl (C=O) groups excluding carboxylic acids is 1. The summed E-state index contributed by atoms with van der Waals surface area (Å²) in [6.45, 7) is 1.78. The van der Waals surface area contributed by atoms with Crippen LogP contribution in [0.5, 0.6) is 0 Å². The molecule has 3 aromatic rings. The van der Waals surface area contributed by atoms with Crippen molar-refractivity contribution in [2.75, 3.05) is 10.9 Å². The first-order valence-corrected chi connectivity index (χ1v) is 10.3. The Bertz CT molecular complexity index is 1270. The van der Waals surface area contributed by atoms with Crippen LogP contribution in [0.15, 0.2) is 59.8 Å². The van der Waals surface area contributed by atoms with E-state index in [4.69, 9.17) is 0 Å². The van der Waals surface area contributed by atoms with Crippen molar-refractivity contribution in [2.45, 2.75) is 11.8 Å². The molecular weight excluding hydrogens is 445 g/mol. The molecule has 0 saturated heterocycles. The molecule has 166 valence electrons. The van der Waals surface area contributed by atoms with E-state index < -0.39 is 44.0 Å². The zero-order chi connectivity index (χ0) is 23.3. The minimum atomic E-state index is -4.07. The maximum absolute atomic E-state index is 13.7. The van der Waals surface area contributed by atoms with Crippen molar-refractivity contribution in [3.63, 3.8) is 0 Å². The third kappa shape index (κ3) is 5.11. The van der Waals surface area contributed by atoms with Crippen molar-refractivity contribution in [1.29, 1.82) is 0 Å². The Morgan fingerprint density at radius 3 is 2.28 bits per heavy atom. The highest BCUT2D eigenvalue weighted by Crippen LogP contribution is 2.28. The van der Waals surface area contributed by atoms with Gasteiger partial charge in [-0.25, -0.2) is 22.8 Å². The van der Waals surface area contributed by atoms with Gasteiger partial charge in [0.05, 0.1) is 15.4 Å². The standard InChI is InChI=1S/C18H16FN7O5S/c1-11-6-8-12(9-7-11)32(30,31)25-23-17-15(26(28)29)16(20-10-21-17)22-24-18(27)13-4-2-3-5-14(13)19/h2-10,25H,1H3,(H,24,27)(H2,20,21,22,23).